The third kappa shape index (κ3) is 4.77. The van der Waals surface area contributed by atoms with Gasteiger partial charge in [0.2, 0.25) is 0 Å². The fourth-order valence-corrected chi connectivity index (χ4v) is 5.33. The number of hydrogen-bond acceptors (Lipinski definition) is 4. The Kier molecular flexibility index (Phi) is 6.77. The van der Waals surface area contributed by atoms with Gasteiger partial charge in [0.25, 0.3) is 0 Å². The van der Waals surface area contributed by atoms with Gasteiger partial charge < -0.3 is 20.1 Å². The van der Waals surface area contributed by atoms with Crippen LogP contribution in [0.2, 0.25) is 0 Å². The number of rotatable bonds is 8. The fraction of sp³-hybridized carbons (Fsp3) is 0.250. The van der Waals surface area contributed by atoms with Gasteiger partial charge in [0, 0.05) is 42.6 Å². The lowest BCUT2D eigenvalue weighted by molar-refractivity contribution is 0.315. The number of pyridine rings is 2. The zero-order chi connectivity index (χ0) is 24.2. The minimum absolute atomic E-state index is 0.0198. The molecule has 3 aromatic heterocycles. The van der Waals surface area contributed by atoms with Crippen molar-refractivity contribution in [1.82, 2.24) is 24.8 Å². The predicted molar refractivity (Wildman–Crippen MR) is 145 cm³/mol. The van der Waals surface area contributed by atoms with E-state index in [0.717, 1.165) is 41.7 Å². The predicted octanol–water partition coefficient (Wildman–Crippen LogP) is 5.36. The highest BCUT2D eigenvalue weighted by Crippen LogP contribution is 2.41. The molecule has 0 radical (unpaired) electrons. The van der Waals surface area contributed by atoms with Gasteiger partial charge in [-0.3, -0.25) is 9.97 Å². The van der Waals surface area contributed by atoms with Crippen molar-refractivity contribution >= 4 is 23.0 Å². The second-order valence-electron chi connectivity index (χ2n) is 8.84. The van der Waals surface area contributed by atoms with Gasteiger partial charge >= 0.3 is 0 Å². The van der Waals surface area contributed by atoms with Crippen molar-refractivity contribution in [2.45, 2.75) is 32.4 Å². The molecule has 0 saturated carbocycles. The highest BCUT2D eigenvalue weighted by atomic mass is 32.1. The first-order valence-electron chi connectivity index (χ1n) is 12.0. The Labute approximate surface area is 212 Å². The molecule has 0 bridgehead atoms. The number of benzene rings is 1. The normalized spacial score (nSPS) is 17.4. The van der Waals surface area contributed by atoms with E-state index in [-0.39, 0.29) is 12.1 Å². The summed E-state index contributed by atoms with van der Waals surface area (Å²) in [7, 11) is 0. The number of aryl methyl sites for hydroxylation is 1. The van der Waals surface area contributed by atoms with Crippen molar-refractivity contribution in [3.63, 3.8) is 0 Å². The molecule has 178 valence electrons. The van der Waals surface area contributed by atoms with E-state index in [9.17, 15) is 0 Å². The monoisotopic (exact) mass is 482 g/mol. The van der Waals surface area contributed by atoms with Gasteiger partial charge in [0.15, 0.2) is 5.11 Å². The number of para-hydroxylation sites is 1. The van der Waals surface area contributed by atoms with Crippen LogP contribution in [-0.2, 0) is 0 Å². The van der Waals surface area contributed by atoms with Gasteiger partial charge in [-0.05, 0) is 80.5 Å². The highest BCUT2D eigenvalue weighted by molar-refractivity contribution is 7.80. The van der Waals surface area contributed by atoms with E-state index < -0.39 is 0 Å². The maximum Gasteiger partial charge on any atom is 0.170 e. The molecule has 0 aliphatic carbocycles. The van der Waals surface area contributed by atoms with Gasteiger partial charge in [-0.25, -0.2) is 0 Å². The second kappa shape index (κ2) is 10.3. The van der Waals surface area contributed by atoms with Crippen LogP contribution in [0.15, 0.2) is 85.3 Å². The van der Waals surface area contributed by atoms with Crippen LogP contribution in [0.4, 0.5) is 5.69 Å². The van der Waals surface area contributed by atoms with Gasteiger partial charge in [0.05, 0.1) is 29.7 Å². The Hall–Kier alpha value is -3.71. The summed E-state index contributed by atoms with van der Waals surface area (Å²) in [6.45, 7) is 6.05. The first-order valence-corrected chi connectivity index (χ1v) is 12.4. The highest BCUT2D eigenvalue weighted by Gasteiger charge is 2.41. The molecule has 1 saturated heterocycles. The largest absolute Gasteiger partial charge is 0.385 e. The summed E-state index contributed by atoms with van der Waals surface area (Å²) in [5, 5.41) is 7.86. The van der Waals surface area contributed by atoms with Crippen LogP contribution < -0.4 is 10.6 Å². The summed E-state index contributed by atoms with van der Waals surface area (Å²) in [5.74, 6) is 0. The van der Waals surface area contributed by atoms with Crippen LogP contribution in [-0.4, -0.2) is 37.6 Å². The van der Waals surface area contributed by atoms with Crippen LogP contribution in [0.3, 0.4) is 0 Å². The quantitative estimate of drug-likeness (QED) is 0.261. The maximum atomic E-state index is 5.86. The van der Waals surface area contributed by atoms with E-state index in [4.69, 9.17) is 12.2 Å². The smallest absolute Gasteiger partial charge is 0.170 e. The lowest BCUT2D eigenvalue weighted by Crippen LogP contribution is -2.31. The van der Waals surface area contributed by atoms with E-state index >= 15 is 0 Å². The second-order valence-corrected chi connectivity index (χ2v) is 9.23. The minimum Gasteiger partial charge on any atom is -0.385 e. The molecule has 0 unspecified atom stereocenters. The summed E-state index contributed by atoms with van der Waals surface area (Å²) in [6, 6.07) is 22.8. The van der Waals surface area contributed by atoms with Crippen LogP contribution in [0.5, 0.6) is 0 Å². The Morgan fingerprint density at radius 2 is 1.83 bits per heavy atom. The maximum absolute atomic E-state index is 5.86. The van der Waals surface area contributed by atoms with Crippen molar-refractivity contribution in [1.29, 1.82) is 0 Å². The standard InChI is InChI=1S/C28H30N6S/c1-20-18-24(21(2)34(20)23-12-8-14-29-19-23)27-26(25-13-6-7-15-31-25)32-28(35)33(27)17-9-16-30-22-10-4-3-5-11-22/h3-8,10-15,18-19,26-27,30H,9,16-17H2,1-2H3,(H,32,35)/t26-,27+/m0/s1. The molecule has 35 heavy (non-hydrogen) atoms. The van der Waals surface area contributed by atoms with E-state index in [2.05, 4.69) is 74.2 Å². The lowest BCUT2D eigenvalue weighted by atomic mass is 9.96. The van der Waals surface area contributed by atoms with E-state index in [1.54, 1.807) is 6.20 Å². The molecule has 0 spiro atoms. The number of aromatic nitrogens is 3. The van der Waals surface area contributed by atoms with Crippen molar-refractivity contribution in [3.8, 4) is 5.69 Å². The summed E-state index contributed by atoms with van der Waals surface area (Å²) in [5.41, 5.74) is 6.82. The summed E-state index contributed by atoms with van der Waals surface area (Å²) in [6.07, 6.45) is 6.52. The SMILES string of the molecule is Cc1cc([C@@H]2[C@H](c3ccccn3)NC(=S)N2CCCNc2ccccc2)c(C)n1-c1cccnc1. The Morgan fingerprint density at radius 3 is 2.57 bits per heavy atom. The number of hydrogen-bond donors (Lipinski definition) is 2. The topological polar surface area (TPSA) is 58.0 Å². The van der Waals surface area contributed by atoms with Gasteiger partial charge in [0.1, 0.15) is 0 Å². The average molecular weight is 483 g/mol. The van der Waals surface area contributed by atoms with Gasteiger partial charge in [-0.2, -0.15) is 0 Å². The third-order valence-electron chi connectivity index (χ3n) is 6.57. The van der Waals surface area contributed by atoms with Crippen molar-refractivity contribution in [2.24, 2.45) is 0 Å². The lowest BCUT2D eigenvalue weighted by Gasteiger charge is -2.28. The van der Waals surface area contributed by atoms with Crippen LogP contribution in [0.25, 0.3) is 5.69 Å². The first kappa shape index (κ1) is 23.1. The molecule has 5 rings (SSSR count). The molecule has 7 heteroatoms. The van der Waals surface area contributed by atoms with Gasteiger partial charge in [-0.15, -0.1) is 0 Å². The molecule has 4 aromatic rings. The zero-order valence-electron chi connectivity index (χ0n) is 20.1. The third-order valence-corrected chi connectivity index (χ3v) is 6.92. The first-order chi connectivity index (χ1) is 17.1. The minimum atomic E-state index is -0.0198. The van der Waals surface area contributed by atoms with E-state index in [1.807, 2.05) is 48.8 Å². The van der Waals surface area contributed by atoms with Crippen LogP contribution in [0, 0.1) is 13.8 Å². The number of thiocarbonyl (C=S) groups is 1. The Morgan fingerprint density at radius 1 is 1.00 bits per heavy atom. The molecular formula is C28H30N6S. The Balaban J connectivity index is 1.45. The zero-order valence-corrected chi connectivity index (χ0v) is 20.9. The van der Waals surface area contributed by atoms with Crippen molar-refractivity contribution < 1.29 is 0 Å². The molecule has 1 fully saturated rings. The van der Waals surface area contributed by atoms with Crippen LogP contribution >= 0.6 is 12.2 Å². The van der Waals surface area contributed by atoms with E-state index in [0.29, 0.717) is 0 Å². The van der Waals surface area contributed by atoms with Crippen molar-refractivity contribution in [3.05, 3.63) is 108 Å². The molecule has 2 N–H and O–H groups in total. The molecule has 2 atom stereocenters. The fourth-order valence-electron chi connectivity index (χ4n) is 4.99. The average Bonchev–Trinajstić information content (AvgIpc) is 3.38. The molecule has 1 aliphatic heterocycles. The molecule has 1 aliphatic rings. The number of anilines is 1. The number of nitrogens with zero attached hydrogens (tertiary/aromatic N) is 4. The number of nitrogens with one attached hydrogen (secondary N) is 2. The summed E-state index contributed by atoms with van der Waals surface area (Å²) < 4.78 is 2.27. The summed E-state index contributed by atoms with van der Waals surface area (Å²) in [4.78, 5) is 11.3. The molecule has 6 nitrogen and oxygen atoms in total. The summed E-state index contributed by atoms with van der Waals surface area (Å²) >= 11 is 5.86. The van der Waals surface area contributed by atoms with Crippen molar-refractivity contribution in [2.75, 3.05) is 18.4 Å². The molecule has 0 amide bonds. The van der Waals surface area contributed by atoms with E-state index in [1.165, 1.54) is 17.0 Å². The Bertz CT molecular complexity index is 1270. The van der Waals surface area contributed by atoms with Crippen LogP contribution in [0.1, 0.15) is 41.1 Å². The molecule has 4 heterocycles. The molecular weight excluding hydrogens is 452 g/mol. The molecule has 1 aromatic carbocycles. The van der Waals surface area contributed by atoms with Gasteiger partial charge in [-0.1, -0.05) is 24.3 Å².